The van der Waals surface area contributed by atoms with E-state index in [1.165, 1.54) is 9.80 Å². The van der Waals surface area contributed by atoms with Gasteiger partial charge in [-0.05, 0) is 51.5 Å². The van der Waals surface area contributed by atoms with E-state index in [9.17, 15) is 19.8 Å². The van der Waals surface area contributed by atoms with Gasteiger partial charge >= 0.3 is 6.09 Å². The molecule has 0 radical (unpaired) electrons. The van der Waals surface area contributed by atoms with Crippen molar-refractivity contribution in [1.29, 1.82) is 0 Å². The summed E-state index contributed by atoms with van der Waals surface area (Å²) in [6.45, 7) is 5.38. The zero-order chi connectivity index (χ0) is 18.1. The Kier molecular flexibility index (Phi) is 5.15. The molecule has 1 fully saturated rings. The van der Waals surface area contributed by atoms with E-state index in [1.807, 2.05) is 0 Å². The number of rotatable bonds is 3. The van der Waals surface area contributed by atoms with Crippen LogP contribution in [0.15, 0.2) is 24.3 Å². The fourth-order valence-electron chi connectivity index (χ4n) is 2.60. The molecule has 1 saturated heterocycles. The fraction of sp³-hybridized carbons (Fsp3) is 0.529. The van der Waals surface area contributed by atoms with Gasteiger partial charge in [0, 0.05) is 24.8 Å². The van der Waals surface area contributed by atoms with Crippen molar-refractivity contribution >= 4 is 23.4 Å². The van der Waals surface area contributed by atoms with Gasteiger partial charge in [0.15, 0.2) is 6.29 Å². The predicted molar refractivity (Wildman–Crippen MR) is 89.8 cm³/mol. The quantitative estimate of drug-likeness (QED) is 0.822. The maximum atomic E-state index is 12.1. The first kappa shape index (κ1) is 18.2. The average Bonchev–Trinajstić information content (AvgIpc) is 2.87. The lowest BCUT2D eigenvalue weighted by molar-refractivity contribution is -0.118. The van der Waals surface area contributed by atoms with E-state index in [-0.39, 0.29) is 12.3 Å². The van der Waals surface area contributed by atoms with Gasteiger partial charge in [-0.3, -0.25) is 9.69 Å². The molecule has 24 heavy (non-hydrogen) atoms. The summed E-state index contributed by atoms with van der Waals surface area (Å²) in [5.74, 6) is -0.152. The van der Waals surface area contributed by atoms with E-state index in [4.69, 9.17) is 4.74 Å². The van der Waals surface area contributed by atoms with Crippen LogP contribution in [0.2, 0.25) is 0 Å². The van der Waals surface area contributed by atoms with Crippen molar-refractivity contribution in [3.05, 3.63) is 24.3 Å². The number of aliphatic hydroxyl groups is 2. The molecule has 7 heteroatoms. The van der Waals surface area contributed by atoms with Gasteiger partial charge in [0.1, 0.15) is 5.60 Å². The number of nitrogens with zero attached hydrogens (tertiary/aromatic N) is 2. The summed E-state index contributed by atoms with van der Waals surface area (Å²) in [4.78, 5) is 26.8. The normalized spacial score (nSPS) is 18.2. The Morgan fingerprint density at radius 1 is 1.29 bits per heavy atom. The number of ether oxygens (including phenoxy) is 1. The van der Waals surface area contributed by atoms with E-state index < -0.39 is 24.0 Å². The molecule has 0 bridgehead atoms. The molecule has 7 nitrogen and oxygen atoms in total. The summed E-state index contributed by atoms with van der Waals surface area (Å²) < 4.78 is 5.31. The molecular formula is C17H24N2O5. The van der Waals surface area contributed by atoms with Crippen LogP contribution < -0.4 is 9.80 Å². The van der Waals surface area contributed by atoms with Gasteiger partial charge in [-0.25, -0.2) is 4.79 Å². The van der Waals surface area contributed by atoms with Gasteiger partial charge in [0.2, 0.25) is 5.91 Å². The van der Waals surface area contributed by atoms with E-state index in [1.54, 1.807) is 52.1 Å². The van der Waals surface area contributed by atoms with Gasteiger partial charge in [-0.1, -0.05) is 0 Å². The van der Waals surface area contributed by atoms with Gasteiger partial charge < -0.3 is 19.8 Å². The molecule has 0 aromatic heterocycles. The molecule has 2 N–H and O–H groups in total. The van der Waals surface area contributed by atoms with Crippen LogP contribution in [0.25, 0.3) is 0 Å². The van der Waals surface area contributed by atoms with Crippen molar-refractivity contribution in [2.75, 3.05) is 16.8 Å². The largest absolute Gasteiger partial charge is 0.443 e. The second-order valence-corrected chi connectivity index (χ2v) is 6.84. The number of benzene rings is 1. The van der Waals surface area contributed by atoms with Crippen LogP contribution in [0.5, 0.6) is 0 Å². The lowest BCUT2D eigenvalue weighted by Crippen LogP contribution is -2.41. The number of anilines is 2. The van der Waals surface area contributed by atoms with Gasteiger partial charge in [-0.2, -0.15) is 0 Å². The van der Waals surface area contributed by atoms with Crippen LogP contribution in [-0.2, 0) is 9.53 Å². The molecule has 0 spiro atoms. The second kappa shape index (κ2) is 6.78. The lowest BCUT2D eigenvalue weighted by atomic mass is 10.2. The third-order valence-electron chi connectivity index (χ3n) is 3.78. The van der Waals surface area contributed by atoms with Gasteiger partial charge in [0.05, 0.1) is 6.04 Å². The van der Waals surface area contributed by atoms with Crippen molar-refractivity contribution in [3.63, 3.8) is 0 Å². The first-order valence-corrected chi connectivity index (χ1v) is 7.85. The highest BCUT2D eigenvalue weighted by molar-refractivity contribution is 5.96. The van der Waals surface area contributed by atoms with E-state index in [0.717, 1.165) is 0 Å². The number of carbonyl (C=O) groups excluding carboxylic acids is 2. The monoisotopic (exact) mass is 336 g/mol. The average molecular weight is 336 g/mol. The van der Waals surface area contributed by atoms with Gasteiger partial charge in [-0.15, -0.1) is 0 Å². The summed E-state index contributed by atoms with van der Waals surface area (Å²) in [5, 5.41) is 18.8. The molecule has 0 unspecified atom stereocenters. The summed E-state index contributed by atoms with van der Waals surface area (Å²) in [5.41, 5.74) is 0.593. The number of carbonyl (C=O) groups is 2. The number of aliphatic hydroxyl groups excluding tert-OH is 1. The topological polar surface area (TPSA) is 90.3 Å². The minimum atomic E-state index is -1.58. The zero-order valence-electron chi connectivity index (χ0n) is 14.4. The molecule has 1 aromatic rings. The van der Waals surface area contributed by atoms with Crippen LogP contribution in [0, 0.1) is 0 Å². The predicted octanol–water partition coefficient (Wildman–Crippen LogP) is 1.86. The van der Waals surface area contributed by atoms with Crippen molar-refractivity contribution in [3.8, 4) is 0 Å². The first-order chi connectivity index (χ1) is 11.1. The second-order valence-electron chi connectivity index (χ2n) is 6.84. The number of hydrogen-bond donors (Lipinski definition) is 2. The van der Waals surface area contributed by atoms with Crippen LogP contribution in [0.1, 0.15) is 33.6 Å². The summed E-state index contributed by atoms with van der Waals surface area (Å²) in [6, 6.07) is 6.08. The minimum absolute atomic E-state index is 0.152. The summed E-state index contributed by atoms with van der Waals surface area (Å²) in [6.07, 6.45) is -1.38. The van der Waals surface area contributed by atoms with Crippen molar-refractivity contribution in [2.24, 2.45) is 0 Å². The minimum Gasteiger partial charge on any atom is -0.443 e. The van der Waals surface area contributed by atoms with E-state index >= 15 is 0 Å². The van der Waals surface area contributed by atoms with Crippen LogP contribution in [0.4, 0.5) is 16.2 Å². The molecule has 132 valence electrons. The van der Waals surface area contributed by atoms with Crippen LogP contribution in [0.3, 0.4) is 0 Å². The molecule has 2 rings (SSSR count). The Balaban J connectivity index is 2.15. The molecule has 1 heterocycles. The smallest absolute Gasteiger partial charge is 0.414 e. The summed E-state index contributed by atoms with van der Waals surface area (Å²) in [7, 11) is 1.60. The third kappa shape index (κ3) is 4.04. The molecule has 1 aromatic carbocycles. The molecule has 1 aliphatic rings. The Morgan fingerprint density at radius 2 is 1.88 bits per heavy atom. The maximum Gasteiger partial charge on any atom is 0.414 e. The van der Waals surface area contributed by atoms with Gasteiger partial charge in [0.25, 0.3) is 0 Å². The first-order valence-electron chi connectivity index (χ1n) is 7.85. The summed E-state index contributed by atoms with van der Waals surface area (Å²) >= 11 is 0. The number of amides is 2. The van der Waals surface area contributed by atoms with E-state index in [2.05, 4.69) is 0 Å². The Morgan fingerprint density at radius 3 is 2.38 bits per heavy atom. The number of hydrogen-bond acceptors (Lipinski definition) is 5. The lowest BCUT2D eigenvalue weighted by Gasteiger charge is -2.27. The Hall–Kier alpha value is -2.12. The fourth-order valence-corrected chi connectivity index (χ4v) is 2.60. The van der Waals surface area contributed by atoms with Crippen molar-refractivity contribution < 1.29 is 24.5 Å². The molecule has 0 aliphatic carbocycles. The van der Waals surface area contributed by atoms with Crippen molar-refractivity contribution in [2.45, 2.75) is 51.5 Å². The highest BCUT2D eigenvalue weighted by atomic mass is 16.6. The molecule has 1 atom stereocenters. The van der Waals surface area contributed by atoms with Crippen LogP contribution in [-0.4, -0.2) is 47.2 Å². The third-order valence-corrected chi connectivity index (χ3v) is 3.78. The Bertz CT molecular complexity index is 606. The zero-order valence-corrected chi connectivity index (χ0v) is 14.4. The highest BCUT2D eigenvalue weighted by Crippen LogP contribution is 2.29. The molecule has 1 aliphatic heterocycles. The van der Waals surface area contributed by atoms with E-state index in [0.29, 0.717) is 17.8 Å². The standard InChI is InChI=1S/C17H24N2O5/c1-17(2,3)24-16(23)18(4)11-5-7-12(8-6-11)19-13(15(21)22)9-10-14(19)20/h5-8,13,15,21-22H,9-10H2,1-4H3/t13-/m0/s1. The van der Waals surface area contributed by atoms with Crippen LogP contribution >= 0.6 is 0 Å². The molecule has 2 amide bonds. The molecular weight excluding hydrogens is 312 g/mol. The van der Waals surface area contributed by atoms with Crippen molar-refractivity contribution in [1.82, 2.24) is 0 Å². The highest BCUT2D eigenvalue weighted by Gasteiger charge is 2.36. The molecule has 0 saturated carbocycles. The maximum absolute atomic E-state index is 12.1. The Labute approximate surface area is 141 Å². The SMILES string of the molecule is CN(C(=O)OC(C)(C)C)c1ccc(N2C(=O)CC[C@H]2C(O)O)cc1.